The zero-order valence-corrected chi connectivity index (χ0v) is 11.8. The first-order valence-corrected chi connectivity index (χ1v) is 6.66. The number of carbonyl (C=O) groups is 3. The van der Waals surface area contributed by atoms with Gasteiger partial charge in [0, 0.05) is 18.5 Å². The van der Waals surface area contributed by atoms with Gasteiger partial charge in [0.2, 0.25) is 18.2 Å². The smallest absolute Gasteiger partial charge is 0.249 e. The Morgan fingerprint density at radius 3 is 2.86 bits per heavy atom. The topological polar surface area (TPSA) is 66.5 Å². The number of imide groups is 1. The predicted molar refractivity (Wildman–Crippen MR) is 76.9 cm³/mol. The number of amides is 3. The van der Waals surface area contributed by atoms with E-state index in [1.165, 1.54) is 4.90 Å². The van der Waals surface area contributed by atoms with E-state index in [0.717, 1.165) is 16.7 Å². The first-order valence-electron chi connectivity index (χ1n) is 6.66. The zero-order valence-electron chi connectivity index (χ0n) is 11.8. The van der Waals surface area contributed by atoms with Crippen molar-refractivity contribution >= 4 is 18.2 Å². The Morgan fingerprint density at radius 2 is 2.24 bits per heavy atom. The van der Waals surface area contributed by atoms with Crippen molar-refractivity contribution in [3.05, 3.63) is 34.9 Å². The van der Waals surface area contributed by atoms with E-state index >= 15 is 0 Å². The van der Waals surface area contributed by atoms with Gasteiger partial charge in [-0.05, 0) is 36.6 Å². The summed E-state index contributed by atoms with van der Waals surface area (Å²) in [4.78, 5) is 35.7. The van der Waals surface area contributed by atoms with Gasteiger partial charge in [-0.15, -0.1) is 6.42 Å². The number of aryl methyl sites for hydroxylation is 1. The van der Waals surface area contributed by atoms with E-state index in [-0.39, 0.29) is 18.9 Å². The van der Waals surface area contributed by atoms with Crippen molar-refractivity contribution < 1.29 is 14.4 Å². The van der Waals surface area contributed by atoms with Crippen molar-refractivity contribution in [2.45, 2.75) is 32.4 Å². The third-order valence-corrected chi connectivity index (χ3v) is 3.61. The minimum atomic E-state index is -0.617. The molecule has 1 heterocycles. The SMILES string of the molecule is C#Cc1ccc(C)c(CN(C=O)C2CCC(=O)NC2=O)c1. The Bertz CT molecular complexity index is 631. The molecule has 0 radical (unpaired) electrons. The van der Waals surface area contributed by atoms with Gasteiger partial charge in [0.15, 0.2) is 0 Å². The minimum Gasteiger partial charge on any atom is -0.329 e. The molecular formula is C16H16N2O3. The quantitative estimate of drug-likeness (QED) is 0.504. The van der Waals surface area contributed by atoms with Gasteiger partial charge < -0.3 is 4.90 Å². The van der Waals surface area contributed by atoms with Crippen LogP contribution in [0.2, 0.25) is 0 Å². The number of benzene rings is 1. The molecule has 108 valence electrons. The second-order valence-corrected chi connectivity index (χ2v) is 5.03. The number of hydrogen-bond acceptors (Lipinski definition) is 3. The van der Waals surface area contributed by atoms with Crippen LogP contribution in [0.3, 0.4) is 0 Å². The van der Waals surface area contributed by atoms with E-state index in [1.54, 1.807) is 0 Å². The number of terminal acetylenes is 1. The van der Waals surface area contributed by atoms with Gasteiger partial charge in [0.05, 0.1) is 0 Å². The lowest BCUT2D eigenvalue weighted by molar-refractivity contribution is -0.141. The third-order valence-electron chi connectivity index (χ3n) is 3.61. The summed E-state index contributed by atoms with van der Waals surface area (Å²) in [6.07, 6.45) is 6.60. The molecule has 1 saturated heterocycles. The van der Waals surface area contributed by atoms with Gasteiger partial charge in [0.1, 0.15) is 6.04 Å². The van der Waals surface area contributed by atoms with Crippen LogP contribution < -0.4 is 5.32 Å². The van der Waals surface area contributed by atoms with Crippen molar-refractivity contribution in [2.75, 3.05) is 0 Å². The van der Waals surface area contributed by atoms with Crippen LogP contribution >= 0.6 is 0 Å². The maximum absolute atomic E-state index is 11.8. The van der Waals surface area contributed by atoms with E-state index in [0.29, 0.717) is 12.8 Å². The highest BCUT2D eigenvalue weighted by Gasteiger charge is 2.31. The molecule has 1 unspecified atom stereocenters. The molecule has 0 saturated carbocycles. The molecule has 1 fully saturated rings. The molecule has 0 aromatic heterocycles. The monoisotopic (exact) mass is 284 g/mol. The summed E-state index contributed by atoms with van der Waals surface area (Å²) in [5.41, 5.74) is 2.61. The van der Waals surface area contributed by atoms with Crippen molar-refractivity contribution in [1.29, 1.82) is 0 Å². The third kappa shape index (κ3) is 3.29. The van der Waals surface area contributed by atoms with Crippen LogP contribution in [0.1, 0.15) is 29.5 Å². The molecule has 1 atom stereocenters. The number of nitrogens with one attached hydrogen (secondary N) is 1. The van der Waals surface area contributed by atoms with E-state index in [4.69, 9.17) is 6.42 Å². The number of rotatable bonds is 4. The fraction of sp³-hybridized carbons (Fsp3) is 0.312. The number of hydrogen-bond donors (Lipinski definition) is 1. The molecule has 1 N–H and O–H groups in total. The van der Waals surface area contributed by atoms with E-state index in [2.05, 4.69) is 11.2 Å². The van der Waals surface area contributed by atoms with Gasteiger partial charge in [-0.1, -0.05) is 12.0 Å². The highest BCUT2D eigenvalue weighted by molar-refractivity contribution is 6.00. The maximum Gasteiger partial charge on any atom is 0.249 e. The van der Waals surface area contributed by atoms with Gasteiger partial charge in [-0.2, -0.15) is 0 Å². The normalized spacial score (nSPS) is 17.8. The van der Waals surface area contributed by atoms with Crippen LogP contribution in [0, 0.1) is 19.3 Å². The van der Waals surface area contributed by atoms with Crippen LogP contribution in [0.25, 0.3) is 0 Å². The lowest BCUT2D eigenvalue weighted by Crippen LogP contribution is -2.51. The zero-order chi connectivity index (χ0) is 15.4. The minimum absolute atomic E-state index is 0.240. The molecule has 3 amide bonds. The molecule has 1 aliphatic rings. The molecule has 1 aromatic carbocycles. The molecule has 2 rings (SSSR count). The van der Waals surface area contributed by atoms with E-state index in [1.807, 2.05) is 25.1 Å². The Morgan fingerprint density at radius 1 is 1.48 bits per heavy atom. The molecule has 0 aliphatic carbocycles. The first kappa shape index (κ1) is 14.8. The molecule has 1 aliphatic heterocycles. The first-order chi connectivity index (χ1) is 10.0. The Labute approximate surface area is 123 Å². The molecular weight excluding hydrogens is 268 g/mol. The summed E-state index contributed by atoms with van der Waals surface area (Å²) in [7, 11) is 0. The molecule has 21 heavy (non-hydrogen) atoms. The van der Waals surface area contributed by atoms with Crippen LogP contribution in [-0.2, 0) is 20.9 Å². The summed E-state index contributed by atoms with van der Waals surface area (Å²) >= 11 is 0. The summed E-state index contributed by atoms with van der Waals surface area (Å²) in [6, 6.07) is 4.93. The number of nitrogens with zero attached hydrogens (tertiary/aromatic N) is 1. The second kappa shape index (κ2) is 6.23. The molecule has 1 aromatic rings. The predicted octanol–water partition coefficient (Wildman–Crippen LogP) is 0.740. The summed E-state index contributed by atoms with van der Waals surface area (Å²) in [5.74, 6) is 1.82. The molecule has 0 spiro atoms. The van der Waals surface area contributed by atoms with E-state index < -0.39 is 11.9 Å². The van der Waals surface area contributed by atoms with Gasteiger partial charge >= 0.3 is 0 Å². The van der Waals surface area contributed by atoms with Gasteiger partial charge in [-0.25, -0.2) is 0 Å². The highest BCUT2D eigenvalue weighted by Crippen LogP contribution is 2.17. The van der Waals surface area contributed by atoms with Crippen molar-refractivity contribution in [2.24, 2.45) is 0 Å². The molecule has 5 nitrogen and oxygen atoms in total. The Kier molecular flexibility index (Phi) is 4.39. The number of carbonyl (C=O) groups excluding carboxylic acids is 3. The van der Waals surface area contributed by atoms with Gasteiger partial charge in [-0.3, -0.25) is 19.7 Å². The summed E-state index contributed by atoms with van der Waals surface area (Å²) in [6.45, 7) is 2.21. The summed E-state index contributed by atoms with van der Waals surface area (Å²) < 4.78 is 0. The van der Waals surface area contributed by atoms with Crippen LogP contribution in [0.4, 0.5) is 0 Å². The Balaban J connectivity index is 2.20. The molecule has 5 heteroatoms. The second-order valence-electron chi connectivity index (χ2n) is 5.03. The van der Waals surface area contributed by atoms with Crippen molar-refractivity contribution in [1.82, 2.24) is 10.2 Å². The lowest BCUT2D eigenvalue weighted by atomic mass is 10.0. The fourth-order valence-electron chi connectivity index (χ4n) is 2.35. The van der Waals surface area contributed by atoms with Gasteiger partial charge in [0.25, 0.3) is 0 Å². The molecule has 0 bridgehead atoms. The number of piperidine rings is 1. The van der Waals surface area contributed by atoms with Crippen LogP contribution in [0.5, 0.6) is 0 Å². The largest absolute Gasteiger partial charge is 0.329 e. The lowest BCUT2D eigenvalue weighted by Gasteiger charge is -2.30. The fourth-order valence-corrected chi connectivity index (χ4v) is 2.35. The van der Waals surface area contributed by atoms with Crippen LogP contribution in [-0.4, -0.2) is 29.2 Å². The average molecular weight is 284 g/mol. The standard InChI is InChI=1S/C16H16N2O3/c1-3-12-5-4-11(2)13(8-12)9-18(10-19)14-6-7-15(20)17-16(14)21/h1,4-5,8,10,14H,6-7,9H2,2H3,(H,17,20,21). The van der Waals surface area contributed by atoms with Crippen molar-refractivity contribution in [3.63, 3.8) is 0 Å². The van der Waals surface area contributed by atoms with Crippen molar-refractivity contribution in [3.8, 4) is 12.3 Å². The van der Waals surface area contributed by atoms with E-state index in [9.17, 15) is 14.4 Å². The highest BCUT2D eigenvalue weighted by atomic mass is 16.2. The van der Waals surface area contributed by atoms with Crippen LogP contribution in [0.15, 0.2) is 18.2 Å². The Hall–Kier alpha value is -2.61. The summed E-state index contributed by atoms with van der Waals surface area (Å²) in [5, 5.41) is 2.26. The average Bonchev–Trinajstić information content (AvgIpc) is 2.47. The maximum atomic E-state index is 11.8.